The monoisotopic (exact) mass is 412 g/mol. The number of anilines is 1. The molecule has 3 N–H and O–H groups in total. The molecule has 2 aromatic carbocycles. The van der Waals surface area contributed by atoms with E-state index in [9.17, 15) is 9.90 Å². The summed E-state index contributed by atoms with van der Waals surface area (Å²) in [6, 6.07) is 9.63. The largest absolute Gasteiger partial charge is 0.504 e. The second-order valence-electron chi connectivity index (χ2n) is 5.92. The van der Waals surface area contributed by atoms with Gasteiger partial charge >= 0.3 is 0 Å². The average Bonchev–Trinajstić information content (AvgIpc) is 2.57. The van der Waals surface area contributed by atoms with E-state index in [0.29, 0.717) is 28.9 Å². The Labute approximate surface area is 167 Å². The van der Waals surface area contributed by atoms with Crippen LogP contribution in [0.4, 0.5) is 5.69 Å². The summed E-state index contributed by atoms with van der Waals surface area (Å²) in [4.78, 5) is 12.3. The van der Waals surface area contributed by atoms with Gasteiger partial charge in [0.15, 0.2) is 10.9 Å². The van der Waals surface area contributed by atoms with E-state index in [1.54, 1.807) is 24.3 Å². The van der Waals surface area contributed by atoms with Crippen molar-refractivity contribution >= 4 is 52.1 Å². The predicted molar refractivity (Wildman–Crippen MR) is 109 cm³/mol. The summed E-state index contributed by atoms with van der Waals surface area (Å²) < 4.78 is 5.61. The van der Waals surface area contributed by atoms with Crippen molar-refractivity contribution in [2.24, 2.45) is 5.92 Å². The molecule has 0 heterocycles. The smallest absolute Gasteiger partial charge is 0.257 e. The summed E-state index contributed by atoms with van der Waals surface area (Å²) in [6.07, 6.45) is 0. The van der Waals surface area contributed by atoms with Crippen molar-refractivity contribution in [2.45, 2.75) is 13.8 Å². The number of ether oxygens (including phenoxy) is 1. The van der Waals surface area contributed by atoms with Gasteiger partial charge in [-0.3, -0.25) is 10.1 Å². The second-order valence-corrected chi connectivity index (χ2v) is 7.18. The van der Waals surface area contributed by atoms with Crippen LogP contribution in [0.1, 0.15) is 24.2 Å². The molecule has 0 atom stereocenters. The lowest BCUT2D eigenvalue weighted by atomic mass is 10.2. The topological polar surface area (TPSA) is 70.6 Å². The third-order valence-electron chi connectivity index (χ3n) is 3.18. The van der Waals surface area contributed by atoms with E-state index in [4.69, 9.17) is 40.2 Å². The maximum Gasteiger partial charge on any atom is 0.257 e. The van der Waals surface area contributed by atoms with Crippen molar-refractivity contribution in [3.05, 3.63) is 52.0 Å². The summed E-state index contributed by atoms with van der Waals surface area (Å²) in [7, 11) is 0. The van der Waals surface area contributed by atoms with Gasteiger partial charge in [0.05, 0.1) is 17.3 Å². The standard InChI is InChI=1S/C18H18Cl2N2O3S/c1-10(2)9-25-13-5-3-4-11(6-13)17(24)22-18(26)21-15-8-12(19)7-14(20)16(15)23/h3-8,10,23H,9H2,1-2H3,(H2,21,22,24,26). The molecule has 0 radical (unpaired) electrons. The third-order valence-corrected chi connectivity index (χ3v) is 3.89. The van der Waals surface area contributed by atoms with Crippen LogP contribution in [-0.4, -0.2) is 22.7 Å². The first kappa shape index (κ1) is 20.3. The van der Waals surface area contributed by atoms with E-state index in [1.807, 2.05) is 13.8 Å². The van der Waals surface area contributed by atoms with Crippen molar-refractivity contribution < 1.29 is 14.6 Å². The van der Waals surface area contributed by atoms with Crippen molar-refractivity contribution in [3.63, 3.8) is 0 Å². The van der Waals surface area contributed by atoms with Gasteiger partial charge in [-0.25, -0.2) is 0 Å². The minimum atomic E-state index is -0.412. The molecule has 0 bridgehead atoms. The molecular formula is C18H18Cl2N2O3S. The van der Waals surface area contributed by atoms with E-state index in [0.717, 1.165) is 0 Å². The first-order chi connectivity index (χ1) is 12.3. The van der Waals surface area contributed by atoms with Crippen LogP contribution in [0.5, 0.6) is 11.5 Å². The van der Waals surface area contributed by atoms with Gasteiger partial charge in [-0.2, -0.15) is 0 Å². The highest BCUT2D eigenvalue weighted by Crippen LogP contribution is 2.34. The lowest BCUT2D eigenvalue weighted by Crippen LogP contribution is -2.34. The molecule has 0 aliphatic carbocycles. The highest BCUT2D eigenvalue weighted by Gasteiger charge is 2.13. The molecule has 0 aliphatic heterocycles. The summed E-state index contributed by atoms with van der Waals surface area (Å²) in [5.74, 6) is 0.354. The number of phenolic OH excluding ortho intramolecular Hbond substituents is 1. The van der Waals surface area contributed by atoms with Crippen LogP contribution in [0.2, 0.25) is 10.0 Å². The summed E-state index contributed by atoms with van der Waals surface area (Å²) in [6.45, 7) is 4.64. The number of phenols is 1. The minimum Gasteiger partial charge on any atom is -0.504 e. The Morgan fingerprint density at radius 1 is 1.27 bits per heavy atom. The highest BCUT2D eigenvalue weighted by atomic mass is 35.5. The SMILES string of the molecule is CC(C)COc1cccc(C(=O)NC(=S)Nc2cc(Cl)cc(Cl)c2O)c1. The highest BCUT2D eigenvalue weighted by molar-refractivity contribution is 7.80. The molecule has 0 unspecified atom stereocenters. The zero-order chi connectivity index (χ0) is 19.3. The van der Waals surface area contributed by atoms with Gasteiger partial charge in [0.2, 0.25) is 0 Å². The number of amides is 1. The van der Waals surface area contributed by atoms with Crippen LogP contribution in [0, 0.1) is 5.92 Å². The van der Waals surface area contributed by atoms with Crippen LogP contribution in [0.25, 0.3) is 0 Å². The predicted octanol–water partition coefficient (Wildman–Crippen LogP) is 4.86. The molecule has 0 aliphatic rings. The Hall–Kier alpha value is -2.02. The lowest BCUT2D eigenvalue weighted by Gasteiger charge is -2.13. The molecule has 0 saturated carbocycles. The zero-order valence-corrected chi connectivity index (χ0v) is 16.5. The van der Waals surface area contributed by atoms with E-state index in [-0.39, 0.29) is 21.6 Å². The molecule has 8 heteroatoms. The molecule has 2 rings (SSSR count). The second kappa shape index (κ2) is 9.07. The molecule has 138 valence electrons. The first-order valence-corrected chi connectivity index (χ1v) is 8.96. The Morgan fingerprint density at radius 3 is 2.69 bits per heavy atom. The third kappa shape index (κ3) is 5.76. The molecule has 26 heavy (non-hydrogen) atoms. The molecule has 0 aromatic heterocycles. The lowest BCUT2D eigenvalue weighted by molar-refractivity contribution is 0.0977. The van der Waals surface area contributed by atoms with E-state index < -0.39 is 5.91 Å². The number of hydrogen-bond donors (Lipinski definition) is 3. The van der Waals surface area contributed by atoms with Crippen molar-refractivity contribution in [2.75, 3.05) is 11.9 Å². The van der Waals surface area contributed by atoms with Gasteiger partial charge in [-0.05, 0) is 48.5 Å². The minimum absolute atomic E-state index is 0.00265. The quantitative estimate of drug-likeness (QED) is 0.483. The summed E-state index contributed by atoms with van der Waals surface area (Å²) in [5.41, 5.74) is 0.588. The van der Waals surface area contributed by atoms with Crippen molar-refractivity contribution in [1.82, 2.24) is 5.32 Å². The fourth-order valence-electron chi connectivity index (χ4n) is 1.98. The average molecular weight is 413 g/mol. The molecule has 0 fully saturated rings. The molecular weight excluding hydrogens is 395 g/mol. The normalized spacial score (nSPS) is 10.5. The Kier molecular flexibility index (Phi) is 7.08. The van der Waals surface area contributed by atoms with Crippen LogP contribution >= 0.6 is 35.4 Å². The number of benzene rings is 2. The number of carbonyl (C=O) groups is 1. The maximum atomic E-state index is 12.3. The molecule has 0 spiro atoms. The van der Waals surface area contributed by atoms with Crippen LogP contribution < -0.4 is 15.4 Å². The van der Waals surface area contributed by atoms with Gasteiger partial charge in [-0.15, -0.1) is 0 Å². The first-order valence-electron chi connectivity index (χ1n) is 7.79. The van der Waals surface area contributed by atoms with E-state index >= 15 is 0 Å². The van der Waals surface area contributed by atoms with Gasteiger partial charge < -0.3 is 15.2 Å². The zero-order valence-electron chi connectivity index (χ0n) is 14.2. The molecule has 5 nitrogen and oxygen atoms in total. The number of carbonyl (C=O) groups excluding carboxylic acids is 1. The van der Waals surface area contributed by atoms with E-state index in [1.165, 1.54) is 12.1 Å². The number of thiocarbonyl (C=S) groups is 1. The molecule has 2 aromatic rings. The van der Waals surface area contributed by atoms with Gasteiger partial charge in [-0.1, -0.05) is 43.1 Å². The van der Waals surface area contributed by atoms with Gasteiger partial charge in [0.25, 0.3) is 5.91 Å². The van der Waals surface area contributed by atoms with Crippen LogP contribution in [-0.2, 0) is 0 Å². The maximum absolute atomic E-state index is 12.3. The number of rotatable bonds is 5. The number of halogens is 2. The fourth-order valence-corrected chi connectivity index (χ4v) is 2.68. The Bertz CT molecular complexity index is 828. The van der Waals surface area contributed by atoms with Gasteiger partial charge in [0, 0.05) is 10.6 Å². The number of hydrogen-bond acceptors (Lipinski definition) is 4. The number of aromatic hydroxyl groups is 1. The van der Waals surface area contributed by atoms with E-state index in [2.05, 4.69) is 10.6 Å². The van der Waals surface area contributed by atoms with Gasteiger partial charge in [0.1, 0.15) is 5.75 Å². The van der Waals surface area contributed by atoms with Crippen LogP contribution in [0.15, 0.2) is 36.4 Å². The van der Waals surface area contributed by atoms with Crippen molar-refractivity contribution in [1.29, 1.82) is 0 Å². The number of nitrogens with one attached hydrogen (secondary N) is 2. The Morgan fingerprint density at radius 2 is 2.00 bits per heavy atom. The Balaban J connectivity index is 2.03. The molecule has 0 saturated heterocycles. The molecule has 1 amide bonds. The summed E-state index contributed by atoms with van der Waals surface area (Å²) >= 11 is 16.9. The fraction of sp³-hybridized carbons (Fsp3) is 0.222. The van der Waals surface area contributed by atoms with Crippen molar-refractivity contribution in [3.8, 4) is 11.5 Å². The summed E-state index contributed by atoms with van der Waals surface area (Å²) in [5, 5.41) is 15.5. The van der Waals surface area contributed by atoms with Crippen LogP contribution in [0.3, 0.4) is 0 Å².